The Hall–Kier alpha value is -1.96. The summed E-state index contributed by atoms with van der Waals surface area (Å²) in [6, 6.07) is 9.61. The smallest absolute Gasteiger partial charge is 0.245 e. The van der Waals surface area contributed by atoms with Gasteiger partial charge in [0.2, 0.25) is 15.9 Å². The van der Waals surface area contributed by atoms with Crippen molar-refractivity contribution in [1.82, 2.24) is 0 Å². The second kappa shape index (κ2) is 8.16. The average molecular weight is 417 g/mol. The number of anilines is 2. The number of rotatable bonds is 6. The Bertz CT molecular complexity index is 932. The quantitative estimate of drug-likeness (QED) is 0.778. The molecule has 6 nitrogen and oxygen atoms in total. The number of halogens is 2. The summed E-state index contributed by atoms with van der Waals surface area (Å²) in [7, 11) is -2.36. The number of nitrogens with one attached hydrogen (secondary N) is 1. The van der Waals surface area contributed by atoms with E-state index in [0.29, 0.717) is 21.3 Å². The molecule has 0 heterocycles. The summed E-state index contributed by atoms with van der Waals surface area (Å²) >= 11 is 12.0. The van der Waals surface area contributed by atoms with Crippen LogP contribution >= 0.6 is 23.2 Å². The van der Waals surface area contributed by atoms with Crippen LogP contribution in [0.4, 0.5) is 11.4 Å². The van der Waals surface area contributed by atoms with E-state index < -0.39 is 22.5 Å². The van der Waals surface area contributed by atoms with Gasteiger partial charge in [0, 0.05) is 15.7 Å². The number of carbonyl (C=O) groups is 1. The molecule has 9 heteroatoms. The Morgan fingerprint density at radius 2 is 1.92 bits per heavy atom. The molecule has 0 atom stereocenters. The summed E-state index contributed by atoms with van der Waals surface area (Å²) in [5.74, 6) is -0.241. The highest BCUT2D eigenvalue weighted by Gasteiger charge is 2.24. The van der Waals surface area contributed by atoms with E-state index in [9.17, 15) is 13.2 Å². The molecule has 2 aromatic carbocycles. The lowest BCUT2D eigenvalue weighted by Gasteiger charge is -2.24. The standard InChI is InChI=1S/C17H18Cl2N2O4S/c1-11-13(19)5-4-6-14(11)20-17(22)10-21(26(3,23)24)15-9-12(18)7-8-16(15)25-2/h4-9H,10H2,1-3H3,(H,20,22). The summed E-state index contributed by atoms with van der Waals surface area (Å²) in [5.41, 5.74) is 1.38. The maximum atomic E-state index is 12.5. The highest BCUT2D eigenvalue weighted by Crippen LogP contribution is 2.32. The van der Waals surface area contributed by atoms with Crippen LogP contribution in [0.25, 0.3) is 0 Å². The molecule has 0 aliphatic carbocycles. The van der Waals surface area contributed by atoms with E-state index in [2.05, 4.69) is 5.32 Å². The van der Waals surface area contributed by atoms with Crippen LogP contribution in [0.3, 0.4) is 0 Å². The van der Waals surface area contributed by atoms with Crippen molar-refractivity contribution in [2.75, 3.05) is 29.5 Å². The van der Waals surface area contributed by atoms with Crippen LogP contribution in [0.15, 0.2) is 36.4 Å². The van der Waals surface area contributed by atoms with Crippen LogP contribution < -0.4 is 14.4 Å². The summed E-state index contributed by atoms with van der Waals surface area (Å²) in [5, 5.41) is 3.49. The third kappa shape index (κ3) is 4.81. The van der Waals surface area contributed by atoms with Crippen LogP contribution in [0.5, 0.6) is 5.75 Å². The maximum Gasteiger partial charge on any atom is 0.245 e. The normalized spacial score (nSPS) is 11.1. The highest BCUT2D eigenvalue weighted by molar-refractivity contribution is 7.92. The molecule has 0 saturated heterocycles. The number of hydrogen-bond acceptors (Lipinski definition) is 4. The van der Waals surface area contributed by atoms with Crippen molar-refractivity contribution in [1.29, 1.82) is 0 Å². The first-order valence-corrected chi connectivity index (χ1v) is 10.1. The predicted octanol–water partition coefficient (Wildman–Crippen LogP) is 3.72. The second-order valence-electron chi connectivity index (χ2n) is 5.55. The Morgan fingerprint density at radius 1 is 1.23 bits per heavy atom. The molecule has 2 aromatic rings. The molecule has 0 bridgehead atoms. The molecular weight excluding hydrogens is 399 g/mol. The van der Waals surface area contributed by atoms with Crippen LogP contribution in [0.2, 0.25) is 10.0 Å². The predicted molar refractivity (Wildman–Crippen MR) is 105 cm³/mol. The van der Waals surface area contributed by atoms with Crippen molar-refractivity contribution < 1.29 is 17.9 Å². The fourth-order valence-electron chi connectivity index (χ4n) is 2.30. The van der Waals surface area contributed by atoms with Gasteiger partial charge in [-0.1, -0.05) is 29.3 Å². The average Bonchev–Trinajstić information content (AvgIpc) is 2.56. The van der Waals surface area contributed by atoms with E-state index in [4.69, 9.17) is 27.9 Å². The van der Waals surface area contributed by atoms with Gasteiger partial charge in [-0.3, -0.25) is 9.10 Å². The lowest BCUT2D eigenvalue weighted by molar-refractivity contribution is -0.114. The number of amides is 1. The number of benzene rings is 2. The van der Waals surface area contributed by atoms with Gasteiger partial charge in [-0.05, 0) is 42.8 Å². The molecule has 140 valence electrons. The van der Waals surface area contributed by atoms with E-state index in [1.54, 1.807) is 31.2 Å². The van der Waals surface area contributed by atoms with Crippen molar-refractivity contribution in [2.24, 2.45) is 0 Å². The highest BCUT2D eigenvalue weighted by atomic mass is 35.5. The van der Waals surface area contributed by atoms with Crippen molar-refractivity contribution >= 4 is 50.5 Å². The van der Waals surface area contributed by atoms with Gasteiger partial charge >= 0.3 is 0 Å². The molecule has 0 aromatic heterocycles. The molecule has 1 amide bonds. The van der Waals surface area contributed by atoms with Gasteiger partial charge in [0.15, 0.2) is 0 Å². The first kappa shape index (κ1) is 20.4. The van der Waals surface area contributed by atoms with Gasteiger partial charge in [0.05, 0.1) is 19.1 Å². The number of nitrogens with zero attached hydrogens (tertiary/aromatic N) is 1. The molecular formula is C17H18Cl2N2O4S. The first-order valence-electron chi connectivity index (χ1n) is 7.49. The minimum atomic E-state index is -3.77. The van der Waals surface area contributed by atoms with Crippen LogP contribution in [0.1, 0.15) is 5.56 Å². The Labute approximate surface area is 162 Å². The molecule has 0 unspecified atom stereocenters. The minimum Gasteiger partial charge on any atom is -0.495 e. The van der Waals surface area contributed by atoms with Gasteiger partial charge in [-0.15, -0.1) is 0 Å². The summed E-state index contributed by atoms with van der Waals surface area (Å²) in [4.78, 5) is 12.5. The van der Waals surface area contributed by atoms with E-state index in [1.165, 1.54) is 19.2 Å². The Balaban J connectivity index is 2.34. The van der Waals surface area contributed by atoms with Gasteiger partial charge in [0.25, 0.3) is 0 Å². The number of methoxy groups -OCH3 is 1. The zero-order valence-electron chi connectivity index (χ0n) is 14.4. The third-order valence-electron chi connectivity index (χ3n) is 3.64. The molecule has 0 fully saturated rings. The SMILES string of the molecule is COc1ccc(Cl)cc1N(CC(=O)Nc1cccc(Cl)c1C)S(C)(=O)=O. The van der Waals surface area contributed by atoms with Crippen molar-refractivity contribution in [3.8, 4) is 5.75 Å². The summed E-state index contributed by atoms with van der Waals surface area (Å²) in [6.45, 7) is 1.31. The molecule has 2 rings (SSSR count). The molecule has 26 heavy (non-hydrogen) atoms. The number of ether oxygens (including phenoxy) is 1. The summed E-state index contributed by atoms with van der Waals surface area (Å²) in [6.07, 6.45) is 1.01. The zero-order chi connectivity index (χ0) is 19.5. The molecule has 0 spiro atoms. The largest absolute Gasteiger partial charge is 0.495 e. The van der Waals surface area contributed by atoms with Crippen molar-refractivity contribution in [2.45, 2.75) is 6.92 Å². The van der Waals surface area contributed by atoms with E-state index >= 15 is 0 Å². The fraction of sp³-hybridized carbons (Fsp3) is 0.235. The number of hydrogen-bond donors (Lipinski definition) is 1. The Kier molecular flexibility index (Phi) is 6.39. The van der Waals surface area contributed by atoms with Gasteiger partial charge in [-0.2, -0.15) is 0 Å². The van der Waals surface area contributed by atoms with E-state index in [-0.39, 0.29) is 11.4 Å². The Morgan fingerprint density at radius 3 is 2.54 bits per heavy atom. The number of sulfonamides is 1. The maximum absolute atomic E-state index is 12.5. The van der Waals surface area contributed by atoms with E-state index in [0.717, 1.165) is 10.6 Å². The fourth-order valence-corrected chi connectivity index (χ4v) is 3.49. The summed E-state index contributed by atoms with van der Waals surface area (Å²) < 4.78 is 30.6. The monoisotopic (exact) mass is 416 g/mol. The lowest BCUT2D eigenvalue weighted by Crippen LogP contribution is -2.37. The lowest BCUT2D eigenvalue weighted by atomic mass is 10.2. The third-order valence-corrected chi connectivity index (χ3v) is 5.41. The van der Waals surface area contributed by atoms with Gasteiger partial charge < -0.3 is 10.1 Å². The molecule has 0 saturated carbocycles. The second-order valence-corrected chi connectivity index (χ2v) is 8.30. The van der Waals surface area contributed by atoms with Crippen LogP contribution in [0, 0.1) is 6.92 Å². The molecule has 0 radical (unpaired) electrons. The molecule has 0 aliphatic heterocycles. The van der Waals surface area contributed by atoms with E-state index in [1.807, 2.05) is 0 Å². The topological polar surface area (TPSA) is 75.7 Å². The van der Waals surface area contributed by atoms with Crippen LogP contribution in [-0.4, -0.2) is 34.2 Å². The number of carbonyl (C=O) groups excluding carboxylic acids is 1. The minimum absolute atomic E-state index is 0.181. The first-order chi connectivity index (χ1) is 12.1. The zero-order valence-corrected chi connectivity index (χ0v) is 16.7. The van der Waals surface area contributed by atoms with Crippen molar-refractivity contribution in [3.05, 3.63) is 52.0 Å². The molecule has 0 aliphatic rings. The van der Waals surface area contributed by atoms with Gasteiger partial charge in [0.1, 0.15) is 12.3 Å². The van der Waals surface area contributed by atoms with Crippen LogP contribution in [-0.2, 0) is 14.8 Å². The van der Waals surface area contributed by atoms with Crippen molar-refractivity contribution in [3.63, 3.8) is 0 Å². The molecule has 1 N–H and O–H groups in total. The van der Waals surface area contributed by atoms with Gasteiger partial charge in [-0.25, -0.2) is 8.42 Å².